The Balaban J connectivity index is 2.24. The molecule has 1 aromatic carbocycles. The summed E-state index contributed by atoms with van der Waals surface area (Å²) in [6, 6.07) is 7.87. The number of aryl methyl sites for hydroxylation is 1. The van der Waals surface area contributed by atoms with E-state index in [-0.39, 0.29) is 11.9 Å². The Morgan fingerprint density at radius 2 is 2.17 bits per heavy atom. The zero-order chi connectivity index (χ0) is 13.1. The van der Waals surface area contributed by atoms with Crippen molar-refractivity contribution >= 4 is 11.6 Å². The molecule has 0 spiro atoms. The molecule has 0 amide bonds. The highest BCUT2D eigenvalue weighted by Crippen LogP contribution is 2.23. The summed E-state index contributed by atoms with van der Waals surface area (Å²) in [7, 11) is 0. The minimum Gasteiger partial charge on any atom is -0.322 e. The second-order valence-corrected chi connectivity index (χ2v) is 4.66. The number of nitrogens with zero attached hydrogens (tertiary/aromatic N) is 1. The first kappa shape index (κ1) is 13.0. The fourth-order valence-corrected chi connectivity index (χ4v) is 2.13. The number of halogens is 2. The molecule has 94 valence electrons. The van der Waals surface area contributed by atoms with Crippen molar-refractivity contribution in [2.24, 2.45) is 5.73 Å². The highest BCUT2D eigenvalue weighted by atomic mass is 35.5. The molecule has 2 rings (SSSR count). The summed E-state index contributed by atoms with van der Waals surface area (Å²) in [4.78, 5) is 4.18. The molecule has 0 radical (unpaired) electrons. The highest BCUT2D eigenvalue weighted by Gasteiger charge is 2.13. The van der Waals surface area contributed by atoms with E-state index in [0.29, 0.717) is 17.1 Å². The van der Waals surface area contributed by atoms with Gasteiger partial charge in [-0.2, -0.15) is 0 Å². The predicted molar refractivity (Wildman–Crippen MR) is 71.0 cm³/mol. The molecule has 18 heavy (non-hydrogen) atoms. The molecule has 0 aliphatic heterocycles. The van der Waals surface area contributed by atoms with Gasteiger partial charge in [0.2, 0.25) is 0 Å². The van der Waals surface area contributed by atoms with Gasteiger partial charge in [0.05, 0.1) is 16.8 Å². The van der Waals surface area contributed by atoms with Crippen molar-refractivity contribution in [3.05, 3.63) is 64.2 Å². The first-order valence-corrected chi connectivity index (χ1v) is 6.06. The molecule has 0 fully saturated rings. The summed E-state index contributed by atoms with van der Waals surface area (Å²) < 4.78 is 13.2. The first-order valence-electron chi connectivity index (χ1n) is 5.69. The monoisotopic (exact) mass is 264 g/mol. The molecular formula is C14H14ClFN2. The van der Waals surface area contributed by atoms with Gasteiger partial charge in [-0.25, -0.2) is 4.39 Å². The van der Waals surface area contributed by atoms with E-state index in [9.17, 15) is 4.39 Å². The van der Waals surface area contributed by atoms with Crippen molar-refractivity contribution in [1.82, 2.24) is 4.98 Å². The maximum absolute atomic E-state index is 13.2. The zero-order valence-corrected chi connectivity index (χ0v) is 10.8. The van der Waals surface area contributed by atoms with Crippen LogP contribution in [0.2, 0.25) is 5.02 Å². The number of rotatable bonds is 3. The standard InChI is InChI=1S/C14H14ClFN2/c1-9-4-5-11(16)7-10(9)8-13(17)14-12(15)3-2-6-18-14/h2-7,13H,8,17H2,1H3. The van der Waals surface area contributed by atoms with Gasteiger partial charge in [0.25, 0.3) is 0 Å². The van der Waals surface area contributed by atoms with Crippen molar-refractivity contribution in [1.29, 1.82) is 0 Å². The maximum atomic E-state index is 13.2. The van der Waals surface area contributed by atoms with Gasteiger partial charge in [0.15, 0.2) is 0 Å². The van der Waals surface area contributed by atoms with Gasteiger partial charge in [-0.1, -0.05) is 17.7 Å². The van der Waals surface area contributed by atoms with Crippen molar-refractivity contribution in [2.75, 3.05) is 0 Å². The Morgan fingerprint density at radius 3 is 2.89 bits per heavy atom. The Hall–Kier alpha value is -1.45. The van der Waals surface area contributed by atoms with E-state index in [1.165, 1.54) is 12.1 Å². The Kier molecular flexibility index (Phi) is 3.94. The molecule has 1 atom stereocenters. The summed E-state index contributed by atoms with van der Waals surface area (Å²) in [5.74, 6) is -0.255. The van der Waals surface area contributed by atoms with Crippen molar-refractivity contribution < 1.29 is 4.39 Å². The highest BCUT2D eigenvalue weighted by molar-refractivity contribution is 6.31. The lowest BCUT2D eigenvalue weighted by molar-refractivity contribution is 0.619. The van der Waals surface area contributed by atoms with Crippen LogP contribution in [0.15, 0.2) is 36.5 Å². The lowest BCUT2D eigenvalue weighted by Gasteiger charge is -2.14. The molecule has 0 bridgehead atoms. The van der Waals surface area contributed by atoms with E-state index in [4.69, 9.17) is 17.3 Å². The van der Waals surface area contributed by atoms with Gasteiger partial charge < -0.3 is 5.73 Å². The molecule has 0 saturated carbocycles. The summed E-state index contributed by atoms with van der Waals surface area (Å²) in [5, 5.41) is 0.541. The van der Waals surface area contributed by atoms with Crippen LogP contribution in [-0.4, -0.2) is 4.98 Å². The van der Waals surface area contributed by atoms with Crippen LogP contribution in [-0.2, 0) is 6.42 Å². The molecule has 2 N–H and O–H groups in total. The molecule has 2 nitrogen and oxygen atoms in total. The van der Waals surface area contributed by atoms with Gasteiger partial charge in [-0.05, 0) is 48.7 Å². The molecule has 0 aliphatic rings. The van der Waals surface area contributed by atoms with Crippen LogP contribution < -0.4 is 5.73 Å². The fourth-order valence-electron chi connectivity index (χ4n) is 1.86. The summed E-state index contributed by atoms with van der Waals surface area (Å²) in [6.45, 7) is 1.93. The normalized spacial score (nSPS) is 12.4. The first-order chi connectivity index (χ1) is 8.58. The van der Waals surface area contributed by atoms with Gasteiger partial charge in [0, 0.05) is 6.20 Å². The summed E-state index contributed by atoms with van der Waals surface area (Å²) in [6.07, 6.45) is 2.17. The van der Waals surface area contributed by atoms with Crippen LogP contribution in [0.1, 0.15) is 22.9 Å². The average Bonchev–Trinajstić information content (AvgIpc) is 2.34. The lowest BCUT2D eigenvalue weighted by Crippen LogP contribution is -2.16. The van der Waals surface area contributed by atoms with E-state index in [1.807, 2.05) is 6.92 Å². The third-order valence-corrected chi connectivity index (χ3v) is 3.21. The zero-order valence-electron chi connectivity index (χ0n) is 10.0. The number of hydrogen-bond donors (Lipinski definition) is 1. The number of nitrogens with two attached hydrogens (primary N) is 1. The smallest absolute Gasteiger partial charge is 0.123 e. The lowest BCUT2D eigenvalue weighted by atomic mass is 9.99. The number of pyridine rings is 1. The quantitative estimate of drug-likeness (QED) is 0.923. The minimum absolute atomic E-state index is 0.255. The third kappa shape index (κ3) is 2.86. The second-order valence-electron chi connectivity index (χ2n) is 4.25. The summed E-state index contributed by atoms with van der Waals surface area (Å²) in [5.41, 5.74) is 8.61. The molecular weight excluding hydrogens is 251 g/mol. The maximum Gasteiger partial charge on any atom is 0.123 e. The molecule has 1 unspecified atom stereocenters. The van der Waals surface area contributed by atoms with Crippen LogP contribution >= 0.6 is 11.6 Å². The van der Waals surface area contributed by atoms with Crippen LogP contribution in [0.25, 0.3) is 0 Å². The van der Waals surface area contributed by atoms with Crippen LogP contribution in [0, 0.1) is 12.7 Å². The number of benzene rings is 1. The topological polar surface area (TPSA) is 38.9 Å². The number of aromatic nitrogens is 1. The SMILES string of the molecule is Cc1ccc(F)cc1CC(N)c1ncccc1Cl. The third-order valence-electron chi connectivity index (χ3n) is 2.89. The average molecular weight is 265 g/mol. The van der Waals surface area contributed by atoms with E-state index in [2.05, 4.69) is 4.98 Å². The molecule has 2 aromatic rings. The fraction of sp³-hybridized carbons (Fsp3) is 0.214. The molecule has 1 heterocycles. The van der Waals surface area contributed by atoms with Crippen LogP contribution in [0.5, 0.6) is 0 Å². The molecule has 0 saturated heterocycles. The van der Waals surface area contributed by atoms with E-state index < -0.39 is 0 Å². The molecule has 1 aromatic heterocycles. The molecule has 4 heteroatoms. The van der Waals surface area contributed by atoms with Gasteiger partial charge in [-0.3, -0.25) is 4.98 Å². The van der Waals surface area contributed by atoms with Gasteiger partial charge >= 0.3 is 0 Å². The van der Waals surface area contributed by atoms with Crippen LogP contribution in [0.4, 0.5) is 4.39 Å². The second kappa shape index (κ2) is 5.46. The van der Waals surface area contributed by atoms with E-state index in [0.717, 1.165) is 11.1 Å². The Bertz CT molecular complexity index is 557. The van der Waals surface area contributed by atoms with Gasteiger partial charge in [-0.15, -0.1) is 0 Å². The van der Waals surface area contributed by atoms with E-state index in [1.54, 1.807) is 24.4 Å². The van der Waals surface area contributed by atoms with E-state index >= 15 is 0 Å². The van der Waals surface area contributed by atoms with Crippen molar-refractivity contribution in [2.45, 2.75) is 19.4 Å². The van der Waals surface area contributed by atoms with Gasteiger partial charge in [0.1, 0.15) is 5.82 Å². The van der Waals surface area contributed by atoms with Crippen LogP contribution in [0.3, 0.4) is 0 Å². The minimum atomic E-state index is -0.334. The summed E-state index contributed by atoms with van der Waals surface area (Å²) >= 11 is 6.04. The van der Waals surface area contributed by atoms with Crippen molar-refractivity contribution in [3.63, 3.8) is 0 Å². The number of hydrogen-bond acceptors (Lipinski definition) is 2. The largest absolute Gasteiger partial charge is 0.322 e. The Morgan fingerprint density at radius 1 is 1.39 bits per heavy atom. The Labute approximate surface area is 111 Å². The predicted octanol–water partition coefficient (Wildman–Crippen LogP) is 3.43. The molecule has 0 aliphatic carbocycles. The van der Waals surface area contributed by atoms with Crippen molar-refractivity contribution in [3.8, 4) is 0 Å².